The number of carbonyl (C=O) groups is 1. The molecule has 2 aromatic rings. The van der Waals surface area contributed by atoms with Crippen molar-refractivity contribution in [2.24, 2.45) is 7.05 Å². The Balaban J connectivity index is 1.46. The molecule has 2 aliphatic rings. The van der Waals surface area contributed by atoms with Crippen LogP contribution < -0.4 is 4.90 Å². The Morgan fingerprint density at radius 1 is 1.26 bits per heavy atom. The van der Waals surface area contributed by atoms with E-state index in [4.69, 9.17) is 0 Å². The van der Waals surface area contributed by atoms with Gasteiger partial charge in [-0.2, -0.15) is 0 Å². The molecule has 0 radical (unpaired) electrons. The molecule has 0 unspecified atom stereocenters. The smallest absolute Gasteiger partial charge is 0.255 e. The number of hydrogen-bond donors (Lipinski definition) is 1. The summed E-state index contributed by atoms with van der Waals surface area (Å²) in [7, 11) is 2.05. The van der Waals surface area contributed by atoms with Crippen LogP contribution in [0.15, 0.2) is 24.7 Å². The zero-order chi connectivity index (χ0) is 15.8. The average molecular weight is 313 g/mol. The number of aromatic nitrogens is 3. The molecule has 0 spiro atoms. The summed E-state index contributed by atoms with van der Waals surface area (Å²) in [6.45, 7) is 3.15. The molecule has 0 aromatic carbocycles. The molecule has 3 heterocycles. The van der Waals surface area contributed by atoms with Gasteiger partial charge in [-0.3, -0.25) is 4.79 Å². The van der Waals surface area contributed by atoms with Gasteiger partial charge in [-0.15, -0.1) is 0 Å². The standard InChI is InChI=1S/C17H23N5O/c1-20-8-5-14(15(20)13-3-2-4-13)16(23)21-9-11-22(12-10-21)17-18-6-7-19-17/h5-8,13H,2-4,9-12H2,1H3,(H,18,19). The van der Waals surface area contributed by atoms with Gasteiger partial charge in [-0.05, 0) is 24.8 Å². The number of aromatic amines is 1. The van der Waals surface area contributed by atoms with Crippen molar-refractivity contribution in [2.75, 3.05) is 31.1 Å². The van der Waals surface area contributed by atoms with Gasteiger partial charge < -0.3 is 19.4 Å². The molecular formula is C17H23N5O. The molecule has 1 aliphatic heterocycles. The Bertz CT molecular complexity index is 678. The first-order valence-corrected chi connectivity index (χ1v) is 8.43. The number of imidazole rings is 1. The van der Waals surface area contributed by atoms with Gasteiger partial charge in [0.25, 0.3) is 5.91 Å². The van der Waals surface area contributed by atoms with Crippen LogP contribution in [0.1, 0.15) is 41.2 Å². The van der Waals surface area contributed by atoms with E-state index >= 15 is 0 Å². The highest BCUT2D eigenvalue weighted by Crippen LogP contribution is 2.38. The summed E-state index contributed by atoms with van der Waals surface area (Å²) in [6.07, 6.45) is 9.34. The van der Waals surface area contributed by atoms with Gasteiger partial charge in [0.05, 0.1) is 5.56 Å². The summed E-state index contributed by atoms with van der Waals surface area (Å²) in [6, 6.07) is 1.99. The normalized spacial score (nSPS) is 19.0. The highest BCUT2D eigenvalue weighted by atomic mass is 16.2. The number of rotatable bonds is 3. The number of carbonyl (C=O) groups excluding carboxylic acids is 1. The van der Waals surface area contributed by atoms with E-state index in [1.165, 1.54) is 25.0 Å². The summed E-state index contributed by atoms with van der Waals surface area (Å²) in [5.74, 6) is 1.65. The van der Waals surface area contributed by atoms with Crippen molar-refractivity contribution in [1.29, 1.82) is 0 Å². The Kier molecular flexibility index (Phi) is 3.59. The van der Waals surface area contributed by atoms with E-state index in [-0.39, 0.29) is 5.91 Å². The molecule has 1 N–H and O–H groups in total. The number of hydrogen-bond acceptors (Lipinski definition) is 3. The van der Waals surface area contributed by atoms with E-state index in [9.17, 15) is 4.79 Å². The van der Waals surface area contributed by atoms with Crippen LogP contribution in [0.3, 0.4) is 0 Å². The fraction of sp³-hybridized carbons (Fsp3) is 0.529. The van der Waals surface area contributed by atoms with Crippen molar-refractivity contribution in [3.8, 4) is 0 Å². The van der Waals surface area contributed by atoms with E-state index in [1.807, 2.05) is 23.4 Å². The maximum absolute atomic E-state index is 12.9. The molecule has 1 amide bonds. The van der Waals surface area contributed by atoms with Crippen molar-refractivity contribution < 1.29 is 4.79 Å². The van der Waals surface area contributed by atoms with Crippen molar-refractivity contribution in [3.63, 3.8) is 0 Å². The van der Waals surface area contributed by atoms with Crippen LogP contribution in [-0.2, 0) is 7.05 Å². The van der Waals surface area contributed by atoms with Gasteiger partial charge in [0.2, 0.25) is 5.95 Å². The summed E-state index contributed by atoms with van der Waals surface area (Å²) in [4.78, 5) is 24.5. The number of H-pyrrole nitrogens is 1. The lowest BCUT2D eigenvalue weighted by Crippen LogP contribution is -2.49. The third kappa shape index (κ3) is 2.52. The largest absolute Gasteiger partial charge is 0.353 e. The number of aryl methyl sites for hydroxylation is 1. The van der Waals surface area contributed by atoms with Crippen LogP contribution in [0.5, 0.6) is 0 Å². The number of nitrogens with one attached hydrogen (secondary N) is 1. The van der Waals surface area contributed by atoms with E-state index in [1.54, 1.807) is 6.20 Å². The number of nitrogens with zero attached hydrogens (tertiary/aromatic N) is 4. The average Bonchev–Trinajstić information content (AvgIpc) is 3.17. The maximum atomic E-state index is 12.9. The van der Waals surface area contributed by atoms with Crippen molar-refractivity contribution in [3.05, 3.63) is 35.9 Å². The van der Waals surface area contributed by atoms with E-state index in [2.05, 4.69) is 26.5 Å². The lowest BCUT2D eigenvalue weighted by Gasteiger charge is -2.35. The second kappa shape index (κ2) is 5.76. The van der Waals surface area contributed by atoms with Crippen LogP contribution in [0, 0.1) is 0 Å². The lowest BCUT2D eigenvalue weighted by atomic mass is 9.81. The number of amides is 1. The predicted molar refractivity (Wildman–Crippen MR) is 88.7 cm³/mol. The van der Waals surface area contributed by atoms with Gasteiger partial charge in [-0.25, -0.2) is 4.98 Å². The molecule has 2 aromatic heterocycles. The second-order valence-electron chi connectivity index (χ2n) is 6.55. The number of anilines is 1. The van der Waals surface area contributed by atoms with Gasteiger partial charge >= 0.3 is 0 Å². The highest BCUT2D eigenvalue weighted by Gasteiger charge is 2.30. The molecule has 1 saturated carbocycles. The minimum absolute atomic E-state index is 0.187. The van der Waals surface area contributed by atoms with E-state index in [0.717, 1.165) is 37.7 Å². The van der Waals surface area contributed by atoms with Crippen LogP contribution >= 0.6 is 0 Å². The van der Waals surface area contributed by atoms with Crippen LogP contribution in [0.2, 0.25) is 0 Å². The van der Waals surface area contributed by atoms with E-state index in [0.29, 0.717) is 5.92 Å². The van der Waals surface area contributed by atoms with Gasteiger partial charge in [0.1, 0.15) is 0 Å². The molecule has 6 heteroatoms. The first-order valence-electron chi connectivity index (χ1n) is 8.43. The first kappa shape index (κ1) is 14.4. The monoisotopic (exact) mass is 313 g/mol. The molecule has 1 saturated heterocycles. The summed E-state index contributed by atoms with van der Waals surface area (Å²) in [5.41, 5.74) is 2.14. The van der Waals surface area contributed by atoms with E-state index < -0.39 is 0 Å². The maximum Gasteiger partial charge on any atom is 0.255 e. The Hall–Kier alpha value is -2.24. The molecule has 2 fully saturated rings. The third-order valence-corrected chi connectivity index (χ3v) is 5.19. The van der Waals surface area contributed by atoms with Gasteiger partial charge in [-0.1, -0.05) is 6.42 Å². The van der Waals surface area contributed by atoms with Crippen molar-refractivity contribution in [2.45, 2.75) is 25.2 Å². The van der Waals surface area contributed by atoms with Gasteiger partial charge in [0.15, 0.2) is 0 Å². The minimum atomic E-state index is 0.187. The second-order valence-corrected chi connectivity index (χ2v) is 6.55. The molecule has 0 bridgehead atoms. The Morgan fingerprint density at radius 3 is 2.65 bits per heavy atom. The molecule has 6 nitrogen and oxygen atoms in total. The molecule has 4 rings (SSSR count). The fourth-order valence-electron chi connectivity index (χ4n) is 3.63. The molecule has 23 heavy (non-hydrogen) atoms. The van der Waals surface area contributed by atoms with Crippen LogP contribution in [0.4, 0.5) is 5.95 Å². The fourth-order valence-corrected chi connectivity index (χ4v) is 3.63. The Morgan fingerprint density at radius 2 is 2.04 bits per heavy atom. The van der Waals surface area contributed by atoms with Gasteiger partial charge in [0, 0.05) is 57.5 Å². The lowest BCUT2D eigenvalue weighted by molar-refractivity contribution is 0.0743. The molecule has 122 valence electrons. The quantitative estimate of drug-likeness (QED) is 0.942. The number of piperazine rings is 1. The third-order valence-electron chi connectivity index (χ3n) is 5.19. The molecular weight excluding hydrogens is 290 g/mol. The molecule has 1 aliphatic carbocycles. The zero-order valence-electron chi connectivity index (χ0n) is 13.5. The highest BCUT2D eigenvalue weighted by molar-refractivity contribution is 5.96. The topological polar surface area (TPSA) is 57.2 Å². The van der Waals surface area contributed by atoms with Crippen LogP contribution in [-0.4, -0.2) is 51.5 Å². The molecule has 0 atom stereocenters. The SMILES string of the molecule is Cn1ccc(C(=O)N2CCN(c3ncc[nH]3)CC2)c1C1CCC1. The summed E-state index contributed by atoms with van der Waals surface area (Å²) < 4.78 is 2.14. The van der Waals surface area contributed by atoms with Crippen LogP contribution in [0.25, 0.3) is 0 Å². The Labute approximate surface area is 136 Å². The zero-order valence-corrected chi connectivity index (χ0v) is 13.5. The predicted octanol–water partition coefficient (Wildman–Crippen LogP) is 1.98. The van der Waals surface area contributed by atoms with Crippen molar-refractivity contribution >= 4 is 11.9 Å². The van der Waals surface area contributed by atoms with Crippen molar-refractivity contribution in [1.82, 2.24) is 19.4 Å². The summed E-state index contributed by atoms with van der Waals surface area (Å²) >= 11 is 0. The first-order chi connectivity index (χ1) is 11.2. The summed E-state index contributed by atoms with van der Waals surface area (Å²) in [5, 5.41) is 0. The minimum Gasteiger partial charge on any atom is -0.353 e.